The molecule has 4 rings (SSSR count). The van der Waals surface area contributed by atoms with Crippen molar-refractivity contribution in [2.24, 2.45) is 4.99 Å². The number of halogens is 3. The van der Waals surface area contributed by atoms with E-state index in [9.17, 15) is 13.2 Å². The van der Waals surface area contributed by atoms with Gasteiger partial charge in [0, 0.05) is 24.9 Å². The Morgan fingerprint density at radius 2 is 1.78 bits per heavy atom. The maximum Gasteiger partial charge on any atom is 0.397 e. The highest BCUT2D eigenvalue weighted by atomic mass is 19.4. The van der Waals surface area contributed by atoms with Crippen molar-refractivity contribution >= 4 is 17.4 Å². The Kier molecular flexibility index (Phi) is 11.4. The zero-order chi connectivity index (χ0) is 30.0. The highest BCUT2D eigenvalue weighted by Crippen LogP contribution is 2.40. The van der Waals surface area contributed by atoms with Crippen molar-refractivity contribution in [1.29, 1.82) is 0 Å². The van der Waals surface area contributed by atoms with Crippen molar-refractivity contribution in [3.63, 3.8) is 0 Å². The Morgan fingerprint density at radius 3 is 2.29 bits per heavy atom. The van der Waals surface area contributed by atoms with Crippen molar-refractivity contribution in [2.75, 3.05) is 38.6 Å². The van der Waals surface area contributed by atoms with Crippen molar-refractivity contribution in [3.8, 4) is 0 Å². The number of aryl methyl sites for hydroxylation is 1. The second-order valence-electron chi connectivity index (χ2n) is 11.0. The van der Waals surface area contributed by atoms with Gasteiger partial charge in [0.2, 0.25) is 5.90 Å². The maximum atomic E-state index is 13.1. The number of alkyl halides is 3. The molecule has 1 aliphatic heterocycles. The molecule has 1 N–H and O–H groups in total. The number of ether oxygens (including phenoxy) is 1. The number of allylic oxidation sites excluding steroid dienone is 2. The van der Waals surface area contributed by atoms with E-state index < -0.39 is 11.6 Å². The summed E-state index contributed by atoms with van der Waals surface area (Å²) in [6.45, 7) is 15.1. The molecular weight excluding hydrogens is 525 g/mol. The van der Waals surface area contributed by atoms with E-state index in [1.54, 1.807) is 12.1 Å². The molecule has 5 nitrogen and oxygen atoms in total. The number of aliphatic imine (C=N–C) groups is 1. The first-order valence-corrected chi connectivity index (χ1v) is 14.2. The molecular formula is C33H43F3N4O. The van der Waals surface area contributed by atoms with Gasteiger partial charge in [-0.05, 0) is 82.3 Å². The van der Waals surface area contributed by atoms with E-state index in [0.29, 0.717) is 17.2 Å². The predicted molar refractivity (Wildman–Crippen MR) is 163 cm³/mol. The van der Waals surface area contributed by atoms with Gasteiger partial charge in [-0.2, -0.15) is 13.2 Å². The number of hydrogen-bond acceptors (Lipinski definition) is 5. The molecule has 0 spiro atoms. The van der Waals surface area contributed by atoms with E-state index in [-0.39, 0.29) is 5.56 Å². The summed E-state index contributed by atoms with van der Waals surface area (Å²) in [5.74, 6) is 1.44. The first kappa shape index (κ1) is 32.1. The van der Waals surface area contributed by atoms with E-state index in [1.807, 2.05) is 25.3 Å². The van der Waals surface area contributed by atoms with E-state index in [2.05, 4.69) is 45.8 Å². The number of nitrogens with zero attached hydrogens (tertiary/aromatic N) is 3. The lowest BCUT2D eigenvalue weighted by molar-refractivity contribution is -0.180. The maximum absolute atomic E-state index is 13.1. The standard InChI is InChI=1S/C20H22F3NO.C13H21N3/c1-13-6-7-16(12-13)18(25-5)24-14(2)15-8-10-17(11-9-15)19(3,4)20(21,22)23;1-2-12-5-6-13(15-11-12)14-7-10-16-8-3-4-9-16/h7-12H,2,6H2,1,3-5H3;5-6,11H,2-4,7-10H2,1H3,(H,14,15). The second-order valence-corrected chi connectivity index (χ2v) is 11.0. The summed E-state index contributed by atoms with van der Waals surface area (Å²) in [5, 5.41) is 3.37. The van der Waals surface area contributed by atoms with Crippen LogP contribution in [0.3, 0.4) is 0 Å². The van der Waals surface area contributed by atoms with E-state index in [4.69, 9.17) is 4.74 Å². The van der Waals surface area contributed by atoms with Crippen LogP contribution in [0.1, 0.15) is 63.6 Å². The Morgan fingerprint density at radius 1 is 1.10 bits per heavy atom. The molecule has 0 radical (unpaired) electrons. The van der Waals surface area contributed by atoms with E-state index >= 15 is 0 Å². The number of benzene rings is 1. The van der Waals surface area contributed by atoms with Crippen LogP contribution in [0.4, 0.5) is 19.0 Å². The molecule has 2 aromatic rings. The Bertz CT molecular complexity index is 1240. The molecule has 1 aliphatic carbocycles. The molecule has 0 atom stereocenters. The first-order chi connectivity index (χ1) is 19.4. The molecule has 0 saturated carbocycles. The van der Waals surface area contributed by atoms with Gasteiger partial charge in [0.25, 0.3) is 0 Å². The minimum atomic E-state index is -4.31. The number of aromatic nitrogens is 1. The molecule has 0 amide bonds. The van der Waals surface area contributed by atoms with Crippen LogP contribution in [0.15, 0.2) is 77.5 Å². The number of rotatable bonds is 9. The van der Waals surface area contributed by atoms with Crippen molar-refractivity contribution in [2.45, 2.75) is 65.0 Å². The Labute approximate surface area is 242 Å². The summed E-state index contributed by atoms with van der Waals surface area (Å²) in [6, 6.07) is 10.4. The van der Waals surface area contributed by atoms with E-state index in [0.717, 1.165) is 37.3 Å². The molecule has 2 heterocycles. The fourth-order valence-corrected chi connectivity index (χ4v) is 4.55. The third-order valence-electron chi connectivity index (χ3n) is 7.54. The average Bonchev–Trinajstić information content (AvgIpc) is 3.64. The molecule has 8 heteroatoms. The Balaban J connectivity index is 0.000000248. The molecule has 1 aromatic carbocycles. The molecule has 222 valence electrons. The van der Waals surface area contributed by atoms with Gasteiger partial charge < -0.3 is 15.0 Å². The lowest BCUT2D eigenvalue weighted by Crippen LogP contribution is -2.36. The SMILES string of the molecule is C=C(N=C(OC)C1=CCC(C)=C1)c1ccc(C(C)(C)C(F)(F)F)cc1.CCc1ccc(NCCN2CCCC2)nc1. The zero-order valence-corrected chi connectivity index (χ0v) is 24.9. The van der Waals surface area contributed by atoms with Crippen LogP contribution in [0, 0.1) is 0 Å². The number of nitrogens with one attached hydrogen (secondary N) is 1. The van der Waals surface area contributed by atoms with Gasteiger partial charge >= 0.3 is 6.18 Å². The summed E-state index contributed by atoms with van der Waals surface area (Å²) < 4.78 is 44.7. The lowest BCUT2D eigenvalue weighted by Gasteiger charge is -2.28. The molecule has 41 heavy (non-hydrogen) atoms. The van der Waals surface area contributed by atoms with Gasteiger partial charge in [-0.1, -0.05) is 61.6 Å². The predicted octanol–water partition coefficient (Wildman–Crippen LogP) is 7.97. The van der Waals surface area contributed by atoms with Gasteiger partial charge in [-0.15, -0.1) is 0 Å². The third kappa shape index (κ3) is 9.05. The summed E-state index contributed by atoms with van der Waals surface area (Å²) in [6.07, 6.45) is 6.29. The Hall–Kier alpha value is -3.39. The monoisotopic (exact) mass is 568 g/mol. The van der Waals surface area contributed by atoms with Crippen LogP contribution in [-0.4, -0.2) is 55.2 Å². The third-order valence-corrected chi connectivity index (χ3v) is 7.54. The fourth-order valence-electron chi connectivity index (χ4n) is 4.55. The first-order valence-electron chi connectivity index (χ1n) is 14.2. The molecule has 1 fully saturated rings. The number of likely N-dealkylation sites (tertiary alicyclic amines) is 1. The van der Waals surface area contributed by atoms with Crippen LogP contribution >= 0.6 is 0 Å². The molecule has 2 aliphatic rings. The van der Waals surface area contributed by atoms with E-state index in [1.165, 1.54) is 70.2 Å². The summed E-state index contributed by atoms with van der Waals surface area (Å²) in [5.41, 5.74) is 2.77. The van der Waals surface area contributed by atoms with Crippen molar-refractivity contribution < 1.29 is 17.9 Å². The smallest absolute Gasteiger partial charge is 0.397 e. The highest BCUT2D eigenvalue weighted by molar-refractivity contribution is 6.00. The molecule has 0 bridgehead atoms. The summed E-state index contributed by atoms with van der Waals surface area (Å²) >= 11 is 0. The van der Waals surface area contributed by atoms with Crippen LogP contribution in [-0.2, 0) is 16.6 Å². The van der Waals surface area contributed by atoms with Crippen molar-refractivity contribution in [3.05, 3.63) is 89.2 Å². The number of hydrogen-bond donors (Lipinski definition) is 1. The largest absolute Gasteiger partial charge is 0.481 e. The minimum absolute atomic E-state index is 0.199. The highest BCUT2D eigenvalue weighted by Gasteiger charge is 2.48. The van der Waals surface area contributed by atoms with Crippen molar-refractivity contribution in [1.82, 2.24) is 9.88 Å². The van der Waals surface area contributed by atoms with Gasteiger partial charge in [-0.25, -0.2) is 9.98 Å². The minimum Gasteiger partial charge on any atom is -0.481 e. The summed E-state index contributed by atoms with van der Waals surface area (Å²) in [4.78, 5) is 11.3. The lowest BCUT2D eigenvalue weighted by atomic mass is 9.83. The molecule has 0 unspecified atom stereocenters. The van der Waals surface area contributed by atoms with Gasteiger partial charge in [0.05, 0.1) is 18.2 Å². The quantitative estimate of drug-likeness (QED) is 0.246. The van der Waals surface area contributed by atoms with Crippen LogP contribution in [0.2, 0.25) is 0 Å². The van der Waals surface area contributed by atoms with Crippen LogP contribution in [0.5, 0.6) is 0 Å². The zero-order valence-electron chi connectivity index (χ0n) is 24.9. The van der Waals surface area contributed by atoms with Crippen LogP contribution < -0.4 is 5.32 Å². The summed E-state index contributed by atoms with van der Waals surface area (Å²) in [7, 11) is 1.53. The topological polar surface area (TPSA) is 49.8 Å². The van der Waals surface area contributed by atoms with Crippen LogP contribution in [0.25, 0.3) is 5.70 Å². The normalized spacial score (nSPS) is 16.0. The molecule has 1 aromatic heterocycles. The molecule has 1 saturated heterocycles. The number of pyridine rings is 1. The van der Waals surface area contributed by atoms with Gasteiger partial charge in [0.1, 0.15) is 5.82 Å². The van der Waals surface area contributed by atoms with Gasteiger partial charge in [-0.3, -0.25) is 0 Å². The fraction of sp³-hybridized carbons (Fsp3) is 0.455. The average molecular weight is 569 g/mol. The van der Waals surface area contributed by atoms with Gasteiger partial charge in [0.15, 0.2) is 0 Å². The second kappa shape index (κ2) is 14.5. The number of methoxy groups -OCH3 is 1. The number of anilines is 1.